The SMILES string of the molecule is CC1CCCC(O)C1NC(=O)OC(C)(C)C. The quantitative estimate of drug-likeness (QED) is 0.723. The number of hydrogen-bond donors (Lipinski definition) is 2. The summed E-state index contributed by atoms with van der Waals surface area (Å²) in [5, 5.41) is 12.6. The molecule has 0 heterocycles. The van der Waals surface area contributed by atoms with Gasteiger partial charge in [-0.05, 0) is 39.5 Å². The first kappa shape index (κ1) is 13.3. The van der Waals surface area contributed by atoms with Crippen LogP contribution in [0.4, 0.5) is 4.79 Å². The summed E-state index contributed by atoms with van der Waals surface area (Å²) < 4.78 is 5.18. The van der Waals surface area contributed by atoms with Crippen molar-refractivity contribution in [1.82, 2.24) is 5.32 Å². The van der Waals surface area contributed by atoms with E-state index in [2.05, 4.69) is 5.32 Å². The average Bonchev–Trinajstić information content (AvgIpc) is 2.08. The minimum absolute atomic E-state index is 0.177. The first-order valence-electron chi connectivity index (χ1n) is 5.97. The molecule has 1 amide bonds. The largest absolute Gasteiger partial charge is 0.444 e. The number of nitrogens with one attached hydrogen (secondary N) is 1. The Labute approximate surface area is 97.4 Å². The fraction of sp³-hybridized carbons (Fsp3) is 0.917. The molecular formula is C12H23NO3. The first-order chi connectivity index (χ1) is 7.29. The maximum Gasteiger partial charge on any atom is 0.407 e. The van der Waals surface area contributed by atoms with Gasteiger partial charge in [-0.25, -0.2) is 4.79 Å². The zero-order chi connectivity index (χ0) is 12.3. The molecule has 1 fully saturated rings. The second kappa shape index (κ2) is 5.04. The second-order valence-corrected chi connectivity index (χ2v) is 5.65. The molecule has 94 valence electrons. The summed E-state index contributed by atoms with van der Waals surface area (Å²) in [6, 6.07) is -0.177. The summed E-state index contributed by atoms with van der Waals surface area (Å²) in [7, 11) is 0. The highest BCUT2D eigenvalue weighted by Crippen LogP contribution is 2.24. The summed E-state index contributed by atoms with van der Waals surface area (Å²) in [5.74, 6) is 0.302. The molecule has 0 radical (unpaired) electrons. The van der Waals surface area contributed by atoms with Crippen LogP contribution in [0.1, 0.15) is 47.0 Å². The molecule has 4 nitrogen and oxygen atoms in total. The van der Waals surface area contributed by atoms with Crippen molar-refractivity contribution in [2.75, 3.05) is 0 Å². The van der Waals surface area contributed by atoms with Gasteiger partial charge in [0.2, 0.25) is 0 Å². The van der Waals surface area contributed by atoms with Crippen LogP contribution in [0.5, 0.6) is 0 Å². The normalized spacial score (nSPS) is 30.9. The van der Waals surface area contributed by atoms with Crippen molar-refractivity contribution in [2.24, 2.45) is 5.92 Å². The number of aliphatic hydroxyl groups excluding tert-OH is 1. The predicted octanol–water partition coefficient (Wildman–Crippen LogP) is 2.06. The van der Waals surface area contributed by atoms with Crippen LogP contribution in [-0.4, -0.2) is 28.9 Å². The van der Waals surface area contributed by atoms with E-state index in [4.69, 9.17) is 4.74 Å². The minimum Gasteiger partial charge on any atom is -0.444 e. The van der Waals surface area contributed by atoms with Crippen molar-refractivity contribution in [1.29, 1.82) is 0 Å². The highest BCUT2D eigenvalue weighted by atomic mass is 16.6. The lowest BCUT2D eigenvalue weighted by molar-refractivity contribution is 0.0267. The fourth-order valence-corrected chi connectivity index (χ4v) is 2.07. The van der Waals surface area contributed by atoms with Crippen molar-refractivity contribution in [3.63, 3.8) is 0 Å². The fourth-order valence-electron chi connectivity index (χ4n) is 2.07. The van der Waals surface area contributed by atoms with Crippen LogP contribution in [0.25, 0.3) is 0 Å². The molecule has 3 unspecified atom stereocenters. The molecule has 1 rings (SSSR count). The van der Waals surface area contributed by atoms with Crippen molar-refractivity contribution in [3.8, 4) is 0 Å². The van der Waals surface area contributed by atoms with Crippen molar-refractivity contribution >= 4 is 6.09 Å². The maximum atomic E-state index is 11.6. The second-order valence-electron chi connectivity index (χ2n) is 5.65. The predicted molar refractivity (Wildman–Crippen MR) is 62.2 cm³/mol. The van der Waals surface area contributed by atoms with E-state index in [1.807, 2.05) is 27.7 Å². The molecular weight excluding hydrogens is 206 g/mol. The van der Waals surface area contributed by atoms with E-state index in [1.165, 1.54) is 0 Å². The van der Waals surface area contributed by atoms with Gasteiger partial charge in [-0.1, -0.05) is 13.3 Å². The molecule has 2 N–H and O–H groups in total. The smallest absolute Gasteiger partial charge is 0.407 e. The van der Waals surface area contributed by atoms with Gasteiger partial charge in [0, 0.05) is 0 Å². The standard InChI is InChI=1S/C12H23NO3/c1-8-6-5-7-9(14)10(8)13-11(15)16-12(2,3)4/h8-10,14H,5-7H2,1-4H3,(H,13,15). The Balaban J connectivity index is 2.48. The number of carbonyl (C=O) groups excluding carboxylic acids is 1. The van der Waals surface area contributed by atoms with E-state index in [1.54, 1.807) is 0 Å². The number of alkyl carbamates (subject to hydrolysis) is 1. The number of amides is 1. The number of aliphatic hydroxyl groups is 1. The van der Waals surface area contributed by atoms with Crippen LogP contribution >= 0.6 is 0 Å². The highest BCUT2D eigenvalue weighted by molar-refractivity contribution is 5.68. The van der Waals surface area contributed by atoms with Gasteiger partial charge in [0.15, 0.2) is 0 Å². The van der Waals surface area contributed by atoms with Gasteiger partial charge in [0.25, 0.3) is 0 Å². The number of hydrogen-bond acceptors (Lipinski definition) is 3. The van der Waals surface area contributed by atoms with Gasteiger partial charge >= 0.3 is 6.09 Å². The Morgan fingerprint density at radius 2 is 2.00 bits per heavy atom. The van der Waals surface area contributed by atoms with Crippen molar-refractivity contribution in [2.45, 2.75) is 64.7 Å². The zero-order valence-corrected chi connectivity index (χ0v) is 10.6. The van der Waals surface area contributed by atoms with Crippen LogP contribution < -0.4 is 5.32 Å². The minimum atomic E-state index is -0.493. The molecule has 0 aliphatic heterocycles. The Hall–Kier alpha value is -0.770. The third-order valence-electron chi connectivity index (χ3n) is 2.87. The molecule has 3 atom stereocenters. The van der Waals surface area contributed by atoms with Crippen LogP contribution in [-0.2, 0) is 4.74 Å². The van der Waals surface area contributed by atoms with Crippen LogP contribution in [0, 0.1) is 5.92 Å². The van der Waals surface area contributed by atoms with Crippen molar-refractivity contribution < 1.29 is 14.6 Å². The van der Waals surface area contributed by atoms with E-state index in [0.717, 1.165) is 19.3 Å². The molecule has 0 aromatic heterocycles. The monoisotopic (exact) mass is 229 g/mol. The molecule has 0 aromatic carbocycles. The maximum absolute atomic E-state index is 11.6. The zero-order valence-electron chi connectivity index (χ0n) is 10.6. The lowest BCUT2D eigenvalue weighted by Crippen LogP contribution is -2.50. The van der Waals surface area contributed by atoms with Crippen LogP contribution in [0.3, 0.4) is 0 Å². The molecule has 0 saturated heterocycles. The van der Waals surface area contributed by atoms with Crippen LogP contribution in [0.15, 0.2) is 0 Å². The Bertz CT molecular complexity index is 237. The molecule has 0 aromatic rings. The average molecular weight is 229 g/mol. The third-order valence-corrected chi connectivity index (χ3v) is 2.87. The lowest BCUT2D eigenvalue weighted by atomic mass is 9.84. The van der Waals surface area contributed by atoms with Gasteiger partial charge in [-0.2, -0.15) is 0 Å². The summed E-state index contributed by atoms with van der Waals surface area (Å²) in [5.41, 5.74) is -0.493. The summed E-state index contributed by atoms with van der Waals surface area (Å²) >= 11 is 0. The molecule has 16 heavy (non-hydrogen) atoms. The van der Waals surface area contributed by atoms with E-state index in [-0.39, 0.29) is 6.04 Å². The molecule has 0 spiro atoms. The molecule has 0 bridgehead atoms. The van der Waals surface area contributed by atoms with Gasteiger partial charge in [0.05, 0.1) is 12.1 Å². The van der Waals surface area contributed by atoms with E-state index in [9.17, 15) is 9.90 Å². The Kier molecular flexibility index (Phi) is 4.19. The van der Waals surface area contributed by atoms with E-state index >= 15 is 0 Å². The molecule has 1 saturated carbocycles. The Morgan fingerprint density at radius 1 is 1.38 bits per heavy atom. The first-order valence-corrected chi connectivity index (χ1v) is 5.97. The number of carbonyl (C=O) groups is 1. The number of ether oxygens (including phenoxy) is 1. The molecule has 1 aliphatic carbocycles. The van der Waals surface area contributed by atoms with Crippen molar-refractivity contribution in [3.05, 3.63) is 0 Å². The van der Waals surface area contributed by atoms with Gasteiger partial charge < -0.3 is 15.2 Å². The summed E-state index contributed by atoms with van der Waals surface area (Å²) in [6.07, 6.45) is 1.93. The summed E-state index contributed by atoms with van der Waals surface area (Å²) in [6.45, 7) is 7.53. The van der Waals surface area contributed by atoms with Gasteiger partial charge in [-0.15, -0.1) is 0 Å². The highest BCUT2D eigenvalue weighted by Gasteiger charge is 2.31. The summed E-state index contributed by atoms with van der Waals surface area (Å²) in [4.78, 5) is 11.6. The van der Waals surface area contributed by atoms with E-state index < -0.39 is 17.8 Å². The molecule has 1 aliphatic rings. The topological polar surface area (TPSA) is 58.6 Å². The number of rotatable bonds is 1. The third kappa shape index (κ3) is 4.00. The molecule has 4 heteroatoms. The lowest BCUT2D eigenvalue weighted by Gasteiger charge is -2.34. The Morgan fingerprint density at radius 3 is 2.50 bits per heavy atom. The van der Waals surface area contributed by atoms with Gasteiger partial charge in [0.1, 0.15) is 5.60 Å². The van der Waals surface area contributed by atoms with Crippen LogP contribution in [0.2, 0.25) is 0 Å². The van der Waals surface area contributed by atoms with Gasteiger partial charge in [-0.3, -0.25) is 0 Å². The van der Waals surface area contributed by atoms with E-state index in [0.29, 0.717) is 5.92 Å².